The second-order valence-corrected chi connectivity index (χ2v) is 10.7. The molecule has 2 aromatic rings. The molecule has 1 saturated heterocycles. The van der Waals surface area contributed by atoms with Crippen LogP contribution in [0, 0.1) is 35.5 Å². The van der Waals surface area contributed by atoms with Crippen LogP contribution < -0.4 is 9.47 Å². The van der Waals surface area contributed by atoms with Gasteiger partial charge in [-0.1, -0.05) is 53.0 Å². The number of carbonyl (C=O) groups is 2. The number of hydrogen-bond acceptors (Lipinski definition) is 5. The van der Waals surface area contributed by atoms with Crippen LogP contribution in [-0.4, -0.2) is 30.1 Å². The summed E-state index contributed by atoms with van der Waals surface area (Å²) in [5.41, 5.74) is 1.32. The van der Waals surface area contributed by atoms with Crippen molar-refractivity contribution in [2.45, 2.75) is 13.0 Å². The first-order chi connectivity index (χ1) is 16.9. The lowest BCUT2D eigenvalue weighted by Gasteiger charge is -2.37. The molecule has 0 unspecified atom stereocenters. The van der Waals surface area contributed by atoms with Gasteiger partial charge in [-0.2, -0.15) is 10.1 Å². The number of amides is 2. The van der Waals surface area contributed by atoms with Crippen molar-refractivity contribution in [1.29, 1.82) is 0 Å². The highest BCUT2D eigenvalue weighted by atomic mass is 35.5. The van der Waals surface area contributed by atoms with Gasteiger partial charge in [0.05, 0.1) is 30.2 Å². The third-order valence-electron chi connectivity index (χ3n) is 7.60. The average molecular weight is 532 g/mol. The van der Waals surface area contributed by atoms with Gasteiger partial charge in [-0.3, -0.25) is 9.59 Å². The Kier molecular flexibility index (Phi) is 5.59. The molecule has 7 rings (SSSR count). The largest absolute Gasteiger partial charge is 0.493 e. The van der Waals surface area contributed by atoms with Gasteiger partial charge in [0, 0.05) is 15.6 Å². The van der Waals surface area contributed by atoms with Crippen LogP contribution in [0.1, 0.15) is 17.5 Å². The molecule has 2 saturated carbocycles. The summed E-state index contributed by atoms with van der Waals surface area (Å²) < 4.78 is 11.4. The van der Waals surface area contributed by atoms with Crippen LogP contribution >= 0.6 is 34.8 Å². The van der Waals surface area contributed by atoms with Crippen molar-refractivity contribution in [3.63, 3.8) is 0 Å². The molecular formula is C26H21Cl3N2O4. The Morgan fingerprint density at radius 3 is 2.31 bits per heavy atom. The minimum absolute atomic E-state index is 0.159. The number of hydrogen-bond donors (Lipinski definition) is 0. The Bertz CT molecular complexity index is 1270. The topological polar surface area (TPSA) is 68.2 Å². The highest BCUT2D eigenvalue weighted by Crippen LogP contribution is 2.65. The van der Waals surface area contributed by atoms with E-state index in [-0.39, 0.29) is 42.1 Å². The molecular weight excluding hydrogens is 511 g/mol. The maximum Gasteiger partial charge on any atom is 0.254 e. The molecule has 35 heavy (non-hydrogen) atoms. The number of hydrazone groups is 1. The summed E-state index contributed by atoms with van der Waals surface area (Å²) in [4.78, 5) is 26.2. The molecule has 3 fully saturated rings. The number of ether oxygens (including phenoxy) is 2. The minimum atomic E-state index is -0.285. The number of imide groups is 1. The summed E-state index contributed by atoms with van der Waals surface area (Å²) in [6, 6.07) is 8.48. The Hall–Kier alpha value is -2.54. The summed E-state index contributed by atoms with van der Waals surface area (Å²) in [6.45, 7) is 0.164. The second-order valence-electron chi connectivity index (χ2n) is 9.45. The van der Waals surface area contributed by atoms with Gasteiger partial charge in [0.25, 0.3) is 11.8 Å². The van der Waals surface area contributed by atoms with Crippen LogP contribution in [0.25, 0.3) is 0 Å². The van der Waals surface area contributed by atoms with E-state index in [1.807, 2.05) is 0 Å². The molecule has 4 aliphatic carbocycles. The van der Waals surface area contributed by atoms with Crippen LogP contribution in [0.5, 0.6) is 11.5 Å². The lowest BCUT2D eigenvalue weighted by molar-refractivity contribution is -0.140. The van der Waals surface area contributed by atoms with E-state index >= 15 is 0 Å². The Labute approximate surface area is 217 Å². The lowest BCUT2D eigenvalue weighted by atomic mass is 9.63. The van der Waals surface area contributed by atoms with Crippen molar-refractivity contribution in [3.05, 3.63) is 68.7 Å². The average Bonchev–Trinajstić information content (AvgIpc) is 3.62. The predicted octanol–water partition coefficient (Wildman–Crippen LogP) is 5.62. The first-order valence-corrected chi connectivity index (χ1v) is 12.5. The fourth-order valence-electron chi connectivity index (χ4n) is 5.92. The smallest absolute Gasteiger partial charge is 0.254 e. The predicted molar refractivity (Wildman–Crippen MR) is 133 cm³/mol. The zero-order chi connectivity index (χ0) is 24.4. The van der Waals surface area contributed by atoms with Crippen LogP contribution in [0.3, 0.4) is 0 Å². The molecule has 0 N–H and O–H groups in total. The zero-order valence-corrected chi connectivity index (χ0v) is 20.9. The molecule has 2 bridgehead atoms. The van der Waals surface area contributed by atoms with Crippen LogP contribution in [0.15, 0.2) is 47.6 Å². The highest BCUT2D eigenvalue weighted by molar-refractivity contribution is 6.35. The number of carbonyl (C=O) groups excluding carboxylic acids is 2. The molecule has 1 aliphatic heterocycles. The van der Waals surface area contributed by atoms with Crippen molar-refractivity contribution in [3.8, 4) is 11.5 Å². The van der Waals surface area contributed by atoms with E-state index in [0.29, 0.717) is 44.0 Å². The van der Waals surface area contributed by atoms with Crippen molar-refractivity contribution >= 4 is 52.8 Å². The first-order valence-electron chi connectivity index (χ1n) is 11.4. The normalized spacial score (nSPS) is 30.1. The molecule has 2 aromatic carbocycles. The van der Waals surface area contributed by atoms with Gasteiger partial charge in [0.1, 0.15) is 6.61 Å². The molecule has 0 radical (unpaired) electrons. The van der Waals surface area contributed by atoms with E-state index in [2.05, 4.69) is 17.3 Å². The van der Waals surface area contributed by atoms with E-state index in [9.17, 15) is 9.59 Å². The van der Waals surface area contributed by atoms with E-state index < -0.39 is 0 Å². The van der Waals surface area contributed by atoms with Crippen molar-refractivity contribution in [2.24, 2.45) is 40.6 Å². The summed E-state index contributed by atoms with van der Waals surface area (Å²) in [6.07, 6.45) is 6.85. The summed E-state index contributed by atoms with van der Waals surface area (Å²) in [5, 5.41) is 6.63. The molecule has 2 amide bonds. The summed E-state index contributed by atoms with van der Waals surface area (Å²) in [7, 11) is 1.50. The van der Waals surface area contributed by atoms with Gasteiger partial charge in [0.2, 0.25) is 0 Å². The van der Waals surface area contributed by atoms with E-state index in [4.69, 9.17) is 44.3 Å². The monoisotopic (exact) mass is 530 g/mol. The Morgan fingerprint density at radius 2 is 1.69 bits per heavy atom. The molecule has 9 heteroatoms. The van der Waals surface area contributed by atoms with E-state index in [1.165, 1.54) is 13.3 Å². The van der Waals surface area contributed by atoms with Gasteiger partial charge >= 0.3 is 0 Å². The molecule has 1 heterocycles. The van der Waals surface area contributed by atoms with Gasteiger partial charge in [-0.15, -0.1) is 0 Å². The summed E-state index contributed by atoms with van der Waals surface area (Å²) in [5.74, 6) is 1.16. The number of rotatable bonds is 6. The number of methoxy groups -OCH3 is 1. The highest BCUT2D eigenvalue weighted by Gasteiger charge is 2.67. The third-order valence-corrected chi connectivity index (χ3v) is 8.47. The van der Waals surface area contributed by atoms with Crippen LogP contribution in [0.2, 0.25) is 15.1 Å². The molecule has 5 aliphatic rings. The van der Waals surface area contributed by atoms with Gasteiger partial charge in [-0.25, -0.2) is 0 Å². The van der Waals surface area contributed by atoms with Gasteiger partial charge < -0.3 is 9.47 Å². The Balaban J connectivity index is 1.21. The van der Waals surface area contributed by atoms with E-state index in [0.717, 1.165) is 17.0 Å². The molecule has 180 valence electrons. The fraction of sp³-hybridized carbons (Fsp3) is 0.346. The Morgan fingerprint density at radius 1 is 1.00 bits per heavy atom. The fourth-order valence-corrected chi connectivity index (χ4v) is 6.66. The van der Waals surface area contributed by atoms with Crippen molar-refractivity contribution in [1.82, 2.24) is 5.01 Å². The number of nitrogens with zero attached hydrogens (tertiary/aromatic N) is 2. The minimum Gasteiger partial charge on any atom is -0.493 e. The van der Waals surface area contributed by atoms with Crippen LogP contribution in [-0.2, 0) is 16.2 Å². The maximum atomic E-state index is 13.1. The van der Waals surface area contributed by atoms with Crippen molar-refractivity contribution < 1.29 is 19.1 Å². The standard InChI is InChI=1S/C26H21Cl3N2O4/c1-34-21-7-12(6-20(29)24(21)35-11-13-2-3-14(27)8-19(13)28)10-30-31-25(32)22-15-4-5-16(18-9-17(15)18)23(22)26(31)33/h2-8,10,15-18,22-23H,9,11H2,1H3/b30-10-/t15-,16-,17-,18-,22+,23+/m0/s1. The second kappa shape index (κ2) is 8.54. The zero-order valence-electron chi connectivity index (χ0n) is 18.7. The lowest BCUT2D eigenvalue weighted by Crippen LogP contribution is -2.40. The number of halogens is 3. The van der Waals surface area contributed by atoms with Crippen LogP contribution in [0.4, 0.5) is 0 Å². The quantitative estimate of drug-likeness (QED) is 0.276. The molecule has 6 atom stereocenters. The molecule has 0 spiro atoms. The molecule has 0 aromatic heterocycles. The first kappa shape index (κ1) is 22.9. The van der Waals surface area contributed by atoms with Crippen molar-refractivity contribution in [2.75, 3.05) is 7.11 Å². The third kappa shape index (κ3) is 3.74. The van der Waals surface area contributed by atoms with Gasteiger partial charge in [-0.05, 0) is 59.9 Å². The van der Waals surface area contributed by atoms with Gasteiger partial charge in [0.15, 0.2) is 11.5 Å². The number of benzene rings is 2. The SMILES string of the molecule is COc1cc(/C=N\N2C(=O)[C@@H]3[C@H]4C=C[C@@H]([C@@H]5C[C@@H]45)[C@H]3C2=O)cc(Cl)c1OCc1ccc(Cl)cc1Cl. The maximum absolute atomic E-state index is 13.1. The number of allylic oxidation sites excluding steroid dienone is 2. The van der Waals surface area contributed by atoms with E-state index in [1.54, 1.807) is 30.3 Å². The molecule has 6 nitrogen and oxygen atoms in total. The summed E-state index contributed by atoms with van der Waals surface area (Å²) >= 11 is 18.7.